The van der Waals surface area contributed by atoms with Crippen molar-refractivity contribution in [3.63, 3.8) is 0 Å². The van der Waals surface area contributed by atoms with E-state index in [2.05, 4.69) is 5.10 Å². The summed E-state index contributed by atoms with van der Waals surface area (Å²) in [5.74, 6) is -0.769. The van der Waals surface area contributed by atoms with E-state index in [1.165, 1.54) is 4.68 Å². The highest BCUT2D eigenvalue weighted by atomic mass is 16.5. The second-order valence-electron chi connectivity index (χ2n) is 3.76. The van der Waals surface area contributed by atoms with Crippen LogP contribution >= 0.6 is 0 Å². The Bertz CT molecular complexity index is 561. The predicted octanol–water partition coefficient (Wildman–Crippen LogP) is 1.97. The quantitative estimate of drug-likeness (QED) is 0.841. The number of aromatic nitrogens is 2. The third-order valence-electron chi connectivity index (χ3n) is 2.54. The van der Waals surface area contributed by atoms with Gasteiger partial charge in [-0.3, -0.25) is 4.68 Å². The Hall–Kier alpha value is -2.30. The van der Waals surface area contributed by atoms with Crippen LogP contribution in [0.15, 0.2) is 30.3 Å². The number of hydrogen-bond donors (Lipinski definition) is 1. The van der Waals surface area contributed by atoms with E-state index in [-0.39, 0.29) is 18.1 Å². The SMILES string of the molecule is CCOC(=O)c1nn(C)c(-c2ccccc2)c1O. The Balaban J connectivity index is 2.48. The van der Waals surface area contributed by atoms with Crippen molar-refractivity contribution in [2.45, 2.75) is 6.92 Å². The van der Waals surface area contributed by atoms with Crippen molar-refractivity contribution >= 4 is 5.97 Å². The molecule has 0 saturated heterocycles. The van der Waals surface area contributed by atoms with Crippen LogP contribution in [-0.2, 0) is 11.8 Å². The van der Waals surface area contributed by atoms with Gasteiger partial charge in [0.15, 0.2) is 5.75 Å². The molecule has 2 rings (SSSR count). The van der Waals surface area contributed by atoms with E-state index in [9.17, 15) is 9.90 Å². The molecule has 94 valence electrons. The Labute approximate surface area is 105 Å². The molecular weight excluding hydrogens is 232 g/mol. The highest BCUT2D eigenvalue weighted by Gasteiger charge is 2.23. The first-order valence-electron chi connectivity index (χ1n) is 5.63. The molecule has 5 heteroatoms. The third kappa shape index (κ3) is 2.07. The first kappa shape index (κ1) is 12.2. The summed E-state index contributed by atoms with van der Waals surface area (Å²) in [4.78, 5) is 11.6. The first-order valence-corrected chi connectivity index (χ1v) is 5.63. The number of esters is 1. The van der Waals surface area contributed by atoms with Crippen LogP contribution in [0.25, 0.3) is 11.3 Å². The fourth-order valence-corrected chi connectivity index (χ4v) is 1.77. The lowest BCUT2D eigenvalue weighted by Gasteiger charge is -2.01. The number of rotatable bonds is 3. The summed E-state index contributed by atoms with van der Waals surface area (Å²) in [6.45, 7) is 1.95. The monoisotopic (exact) mass is 246 g/mol. The second kappa shape index (κ2) is 4.91. The van der Waals surface area contributed by atoms with Gasteiger partial charge in [0.1, 0.15) is 5.69 Å². The van der Waals surface area contributed by atoms with Crippen LogP contribution in [0.2, 0.25) is 0 Å². The molecule has 0 unspecified atom stereocenters. The maximum absolute atomic E-state index is 11.6. The molecule has 1 N–H and O–H groups in total. The lowest BCUT2D eigenvalue weighted by Crippen LogP contribution is -2.06. The standard InChI is InChI=1S/C13H14N2O3/c1-3-18-13(17)10-12(16)11(15(2)14-10)9-7-5-4-6-8-9/h4-8,16H,3H2,1-2H3. The molecule has 1 aromatic heterocycles. The summed E-state index contributed by atoms with van der Waals surface area (Å²) < 4.78 is 6.31. The minimum Gasteiger partial charge on any atom is -0.504 e. The highest BCUT2D eigenvalue weighted by molar-refractivity contribution is 5.93. The molecule has 0 fully saturated rings. The summed E-state index contributed by atoms with van der Waals surface area (Å²) in [6.07, 6.45) is 0. The van der Waals surface area contributed by atoms with Crippen molar-refractivity contribution in [3.8, 4) is 17.0 Å². The molecule has 0 bridgehead atoms. The number of aryl methyl sites for hydroxylation is 1. The van der Waals surface area contributed by atoms with Gasteiger partial charge in [-0.05, 0) is 6.92 Å². The van der Waals surface area contributed by atoms with Crippen LogP contribution in [-0.4, -0.2) is 27.5 Å². The summed E-state index contributed by atoms with van der Waals surface area (Å²) in [6, 6.07) is 9.26. The zero-order valence-electron chi connectivity index (χ0n) is 10.3. The summed E-state index contributed by atoms with van der Waals surface area (Å²) in [5.41, 5.74) is 1.23. The van der Waals surface area contributed by atoms with E-state index < -0.39 is 5.97 Å². The van der Waals surface area contributed by atoms with Crippen molar-refractivity contribution in [2.75, 3.05) is 6.61 Å². The number of aromatic hydroxyl groups is 1. The first-order chi connectivity index (χ1) is 8.65. The van der Waals surface area contributed by atoms with Crippen molar-refractivity contribution < 1.29 is 14.6 Å². The van der Waals surface area contributed by atoms with Gasteiger partial charge in [0, 0.05) is 12.6 Å². The zero-order valence-corrected chi connectivity index (χ0v) is 10.3. The molecule has 0 aliphatic heterocycles. The van der Waals surface area contributed by atoms with Crippen LogP contribution < -0.4 is 0 Å². The van der Waals surface area contributed by atoms with E-state index in [1.807, 2.05) is 30.3 Å². The average molecular weight is 246 g/mol. The van der Waals surface area contributed by atoms with Crippen molar-refractivity contribution in [3.05, 3.63) is 36.0 Å². The van der Waals surface area contributed by atoms with E-state index in [0.717, 1.165) is 5.56 Å². The summed E-state index contributed by atoms with van der Waals surface area (Å²) in [5, 5.41) is 14.1. The topological polar surface area (TPSA) is 64.3 Å². The van der Waals surface area contributed by atoms with Gasteiger partial charge < -0.3 is 9.84 Å². The largest absolute Gasteiger partial charge is 0.504 e. The van der Waals surface area contributed by atoms with Crippen LogP contribution in [0.1, 0.15) is 17.4 Å². The van der Waals surface area contributed by atoms with Crippen molar-refractivity contribution in [1.29, 1.82) is 0 Å². The van der Waals surface area contributed by atoms with E-state index in [1.54, 1.807) is 14.0 Å². The average Bonchev–Trinajstić information content (AvgIpc) is 2.66. The molecule has 0 atom stereocenters. The number of ether oxygens (including phenoxy) is 1. The van der Waals surface area contributed by atoms with Crippen molar-refractivity contribution in [2.24, 2.45) is 7.05 Å². The van der Waals surface area contributed by atoms with Gasteiger partial charge in [0.25, 0.3) is 0 Å². The van der Waals surface area contributed by atoms with Gasteiger partial charge in [0.2, 0.25) is 5.69 Å². The smallest absolute Gasteiger partial charge is 0.362 e. The number of hydrogen-bond acceptors (Lipinski definition) is 4. The number of carbonyl (C=O) groups excluding carboxylic acids is 1. The minimum absolute atomic E-state index is 0.0572. The molecule has 2 aromatic rings. The van der Waals surface area contributed by atoms with E-state index >= 15 is 0 Å². The Morgan fingerprint density at radius 1 is 1.39 bits per heavy atom. The maximum atomic E-state index is 11.6. The molecule has 1 aromatic carbocycles. The van der Waals surface area contributed by atoms with E-state index in [0.29, 0.717) is 5.69 Å². The molecule has 5 nitrogen and oxygen atoms in total. The van der Waals surface area contributed by atoms with Crippen LogP contribution in [0, 0.1) is 0 Å². The number of nitrogens with zero attached hydrogens (tertiary/aromatic N) is 2. The Morgan fingerprint density at radius 2 is 2.06 bits per heavy atom. The molecule has 0 saturated carbocycles. The van der Waals surface area contributed by atoms with Crippen LogP contribution in [0.4, 0.5) is 0 Å². The molecule has 0 radical (unpaired) electrons. The zero-order chi connectivity index (χ0) is 13.1. The van der Waals surface area contributed by atoms with Gasteiger partial charge in [-0.1, -0.05) is 30.3 Å². The lowest BCUT2D eigenvalue weighted by atomic mass is 10.1. The predicted molar refractivity (Wildman–Crippen MR) is 66.3 cm³/mol. The molecule has 1 heterocycles. The normalized spacial score (nSPS) is 10.3. The molecule has 0 aliphatic rings. The fourth-order valence-electron chi connectivity index (χ4n) is 1.77. The summed E-state index contributed by atoms with van der Waals surface area (Å²) in [7, 11) is 1.67. The maximum Gasteiger partial charge on any atom is 0.362 e. The minimum atomic E-state index is -0.618. The van der Waals surface area contributed by atoms with Gasteiger partial charge in [-0.2, -0.15) is 5.10 Å². The summed E-state index contributed by atoms with van der Waals surface area (Å²) >= 11 is 0. The van der Waals surface area contributed by atoms with E-state index in [4.69, 9.17) is 4.74 Å². The van der Waals surface area contributed by atoms with Gasteiger partial charge in [-0.25, -0.2) is 4.79 Å². The number of carbonyl (C=O) groups is 1. The Morgan fingerprint density at radius 3 is 2.67 bits per heavy atom. The molecule has 0 aliphatic carbocycles. The van der Waals surface area contributed by atoms with Gasteiger partial charge in [0.05, 0.1) is 6.61 Å². The van der Waals surface area contributed by atoms with Gasteiger partial charge in [-0.15, -0.1) is 0 Å². The second-order valence-corrected chi connectivity index (χ2v) is 3.76. The highest BCUT2D eigenvalue weighted by Crippen LogP contribution is 2.31. The molecule has 0 spiro atoms. The van der Waals surface area contributed by atoms with Crippen molar-refractivity contribution in [1.82, 2.24) is 9.78 Å². The van der Waals surface area contributed by atoms with Crippen LogP contribution in [0.5, 0.6) is 5.75 Å². The fraction of sp³-hybridized carbons (Fsp3) is 0.231. The van der Waals surface area contributed by atoms with Crippen LogP contribution in [0.3, 0.4) is 0 Å². The van der Waals surface area contributed by atoms with Gasteiger partial charge >= 0.3 is 5.97 Å². The third-order valence-corrected chi connectivity index (χ3v) is 2.54. The molecule has 0 amide bonds. The molecular formula is C13H14N2O3. The molecule has 18 heavy (non-hydrogen) atoms. The number of benzene rings is 1. The lowest BCUT2D eigenvalue weighted by molar-refractivity contribution is 0.0515. The Kier molecular flexibility index (Phi) is 3.32.